The fourth-order valence-corrected chi connectivity index (χ4v) is 2.71. The van der Waals surface area contributed by atoms with Crippen LogP contribution in [-0.2, 0) is 14.6 Å². The van der Waals surface area contributed by atoms with E-state index in [1.54, 1.807) is 12.1 Å². The van der Waals surface area contributed by atoms with E-state index in [2.05, 4.69) is 15.5 Å². The van der Waals surface area contributed by atoms with E-state index < -0.39 is 27.8 Å². The van der Waals surface area contributed by atoms with Gasteiger partial charge in [0, 0.05) is 11.8 Å². The molecular weight excluding hydrogens is 350 g/mol. The van der Waals surface area contributed by atoms with Gasteiger partial charge in [-0.15, -0.1) is 0 Å². The number of aromatic amines is 1. The molecule has 0 saturated carbocycles. The second kappa shape index (κ2) is 7.34. The number of carboxylic acid groups (broad SMARTS) is 1. The van der Waals surface area contributed by atoms with Gasteiger partial charge in [0.1, 0.15) is 27.3 Å². The molecular formula is C15H17N3O6S. The molecule has 0 spiro atoms. The Bertz CT molecular complexity index is 873. The summed E-state index contributed by atoms with van der Waals surface area (Å²) in [6.07, 6.45) is 0.755. The van der Waals surface area contributed by atoms with Crippen LogP contribution >= 0.6 is 0 Å². The molecule has 0 radical (unpaired) electrons. The molecule has 1 atom stereocenters. The lowest BCUT2D eigenvalue weighted by Crippen LogP contribution is -2.42. The van der Waals surface area contributed by atoms with Gasteiger partial charge in [-0.3, -0.25) is 9.89 Å². The van der Waals surface area contributed by atoms with Crippen molar-refractivity contribution in [2.75, 3.05) is 12.0 Å². The largest absolute Gasteiger partial charge is 0.508 e. The van der Waals surface area contributed by atoms with E-state index in [1.807, 2.05) is 0 Å². The van der Waals surface area contributed by atoms with Crippen LogP contribution in [0.15, 0.2) is 30.3 Å². The maximum atomic E-state index is 12.1. The molecule has 0 aliphatic heterocycles. The van der Waals surface area contributed by atoms with E-state index in [4.69, 9.17) is 5.11 Å². The Kier molecular flexibility index (Phi) is 5.42. The van der Waals surface area contributed by atoms with Crippen molar-refractivity contribution in [1.82, 2.24) is 15.5 Å². The van der Waals surface area contributed by atoms with Crippen molar-refractivity contribution >= 4 is 21.7 Å². The van der Waals surface area contributed by atoms with E-state index in [0.717, 1.165) is 6.26 Å². The van der Waals surface area contributed by atoms with Crippen LogP contribution in [-0.4, -0.2) is 58.8 Å². The summed E-state index contributed by atoms with van der Waals surface area (Å²) in [6, 6.07) is 6.25. The number of amides is 1. The average molecular weight is 367 g/mol. The molecule has 1 heterocycles. The summed E-state index contributed by atoms with van der Waals surface area (Å²) >= 11 is 0. The van der Waals surface area contributed by atoms with E-state index >= 15 is 0 Å². The van der Waals surface area contributed by atoms with Crippen molar-refractivity contribution in [3.63, 3.8) is 0 Å². The van der Waals surface area contributed by atoms with Crippen LogP contribution in [0.1, 0.15) is 16.9 Å². The highest BCUT2D eigenvalue weighted by molar-refractivity contribution is 7.90. The highest BCUT2D eigenvalue weighted by atomic mass is 32.2. The van der Waals surface area contributed by atoms with E-state index in [0.29, 0.717) is 11.3 Å². The number of rotatable bonds is 7. The Hall–Kier alpha value is -2.88. The number of nitrogens with one attached hydrogen (secondary N) is 2. The number of carbonyl (C=O) groups excluding carboxylic acids is 1. The summed E-state index contributed by atoms with van der Waals surface area (Å²) in [6.45, 7) is 0. The minimum atomic E-state index is -3.34. The summed E-state index contributed by atoms with van der Waals surface area (Å²) in [4.78, 5) is 23.3. The van der Waals surface area contributed by atoms with Crippen LogP contribution in [0.25, 0.3) is 11.3 Å². The van der Waals surface area contributed by atoms with Gasteiger partial charge in [-0.2, -0.15) is 5.10 Å². The number of hydrogen-bond acceptors (Lipinski definition) is 6. The van der Waals surface area contributed by atoms with Gasteiger partial charge in [0.2, 0.25) is 0 Å². The van der Waals surface area contributed by atoms with Gasteiger partial charge in [0.25, 0.3) is 5.91 Å². The number of nitrogens with zero attached hydrogens (tertiary/aromatic N) is 1. The molecule has 0 unspecified atom stereocenters. The van der Waals surface area contributed by atoms with E-state index in [9.17, 15) is 23.1 Å². The van der Waals surface area contributed by atoms with Gasteiger partial charge in [-0.25, -0.2) is 13.2 Å². The topological polar surface area (TPSA) is 149 Å². The summed E-state index contributed by atoms with van der Waals surface area (Å²) in [5.74, 6) is -2.30. The standard InChI is InChI=1S/C15H17N3O6S/c1-25(23,24)7-6-11(15(21)22)16-14(20)13-8-12(17-18-13)9-2-4-10(19)5-3-9/h2-5,8,11,19H,6-7H2,1H3,(H,16,20)(H,17,18)(H,21,22)/t11-/m0/s1. The van der Waals surface area contributed by atoms with Crippen LogP contribution in [0.2, 0.25) is 0 Å². The molecule has 134 valence electrons. The first-order chi connectivity index (χ1) is 11.7. The number of phenolic OH excluding ortho intramolecular Hbond substituents is 1. The number of hydrogen-bond donors (Lipinski definition) is 4. The van der Waals surface area contributed by atoms with Gasteiger partial charge >= 0.3 is 5.97 Å². The van der Waals surface area contributed by atoms with E-state index in [1.165, 1.54) is 18.2 Å². The third kappa shape index (κ3) is 5.31. The lowest BCUT2D eigenvalue weighted by molar-refractivity contribution is -0.139. The molecule has 1 aromatic heterocycles. The molecule has 2 rings (SSSR count). The Morgan fingerprint density at radius 1 is 1.28 bits per heavy atom. The first-order valence-electron chi connectivity index (χ1n) is 7.22. The molecule has 0 saturated heterocycles. The fourth-order valence-electron chi connectivity index (χ4n) is 2.04. The second-order valence-corrected chi connectivity index (χ2v) is 7.76. The van der Waals surface area contributed by atoms with Crippen LogP contribution in [0.4, 0.5) is 0 Å². The van der Waals surface area contributed by atoms with Crippen LogP contribution in [0.5, 0.6) is 5.75 Å². The lowest BCUT2D eigenvalue weighted by atomic mass is 10.1. The van der Waals surface area contributed by atoms with Crippen molar-refractivity contribution in [2.45, 2.75) is 12.5 Å². The number of H-pyrrole nitrogens is 1. The first-order valence-corrected chi connectivity index (χ1v) is 9.28. The predicted octanol–water partition coefficient (Wildman–Crippen LogP) is 0.400. The Morgan fingerprint density at radius 3 is 2.48 bits per heavy atom. The highest BCUT2D eigenvalue weighted by Crippen LogP contribution is 2.20. The zero-order chi connectivity index (χ0) is 18.6. The zero-order valence-electron chi connectivity index (χ0n) is 13.3. The highest BCUT2D eigenvalue weighted by Gasteiger charge is 2.23. The number of carbonyl (C=O) groups is 2. The number of aromatic hydroxyl groups is 1. The summed E-state index contributed by atoms with van der Waals surface area (Å²) in [5, 5.41) is 27.1. The van der Waals surface area contributed by atoms with Gasteiger partial charge in [0.15, 0.2) is 0 Å². The Balaban J connectivity index is 2.09. The van der Waals surface area contributed by atoms with Crippen molar-refractivity contribution < 1.29 is 28.2 Å². The SMILES string of the molecule is CS(=O)(=O)CC[C@H](NC(=O)c1cc(-c2ccc(O)cc2)n[nH]1)C(=O)O. The molecule has 1 amide bonds. The van der Waals surface area contributed by atoms with Gasteiger partial charge < -0.3 is 15.5 Å². The van der Waals surface area contributed by atoms with Crippen LogP contribution < -0.4 is 5.32 Å². The second-order valence-electron chi connectivity index (χ2n) is 5.50. The van der Waals surface area contributed by atoms with E-state index in [-0.39, 0.29) is 23.6 Å². The smallest absolute Gasteiger partial charge is 0.326 e. The molecule has 25 heavy (non-hydrogen) atoms. The number of sulfone groups is 1. The number of aliphatic carboxylic acids is 1. The summed E-state index contributed by atoms with van der Waals surface area (Å²) in [7, 11) is -3.34. The predicted molar refractivity (Wildman–Crippen MR) is 88.9 cm³/mol. The monoisotopic (exact) mass is 367 g/mol. The van der Waals surface area contributed by atoms with Crippen molar-refractivity contribution in [3.8, 4) is 17.0 Å². The number of benzene rings is 1. The molecule has 0 bridgehead atoms. The van der Waals surface area contributed by atoms with Gasteiger partial charge in [-0.05, 0) is 36.8 Å². The molecule has 0 fully saturated rings. The van der Waals surface area contributed by atoms with Crippen molar-refractivity contribution in [1.29, 1.82) is 0 Å². The molecule has 10 heteroatoms. The quantitative estimate of drug-likeness (QED) is 0.553. The van der Waals surface area contributed by atoms with Crippen molar-refractivity contribution in [3.05, 3.63) is 36.0 Å². The maximum Gasteiger partial charge on any atom is 0.326 e. The summed E-state index contributed by atoms with van der Waals surface area (Å²) in [5.41, 5.74) is 1.13. The minimum Gasteiger partial charge on any atom is -0.508 e. The first kappa shape index (κ1) is 18.5. The third-order valence-electron chi connectivity index (χ3n) is 3.37. The number of carboxylic acids is 1. The Labute approximate surface area is 143 Å². The molecule has 2 aromatic rings. The normalized spacial score (nSPS) is 12.5. The number of phenols is 1. The average Bonchev–Trinajstić information content (AvgIpc) is 3.00. The number of aromatic nitrogens is 2. The molecule has 4 N–H and O–H groups in total. The third-order valence-corrected chi connectivity index (χ3v) is 4.34. The zero-order valence-corrected chi connectivity index (χ0v) is 14.1. The van der Waals surface area contributed by atoms with Gasteiger partial charge in [0.05, 0.1) is 11.4 Å². The molecule has 1 aromatic carbocycles. The van der Waals surface area contributed by atoms with Crippen LogP contribution in [0, 0.1) is 0 Å². The molecule has 9 nitrogen and oxygen atoms in total. The van der Waals surface area contributed by atoms with Gasteiger partial charge in [-0.1, -0.05) is 0 Å². The summed E-state index contributed by atoms with van der Waals surface area (Å²) < 4.78 is 22.3. The minimum absolute atomic E-state index is 0.0358. The van der Waals surface area contributed by atoms with Crippen LogP contribution in [0.3, 0.4) is 0 Å². The van der Waals surface area contributed by atoms with Crippen molar-refractivity contribution in [2.24, 2.45) is 0 Å². The lowest BCUT2D eigenvalue weighted by Gasteiger charge is -2.13. The molecule has 0 aliphatic carbocycles. The maximum absolute atomic E-state index is 12.1. The molecule has 0 aliphatic rings. The Morgan fingerprint density at radius 2 is 1.92 bits per heavy atom. The fraction of sp³-hybridized carbons (Fsp3) is 0.267.